The molecule has 1 N–H and O–H groups in total. The van der Waals surface area contributed by atoms with Crippen molar-refractivity contribution in [3.05, 3.63) is 33.3 Å². The molecule has 1 atom stereocenters. The number of aliphatic hydroxyl groups excluding tert-OH is 1. The second-order valence-electron chi connectivity index (χ2n) is 4.93. The molecule has 0 radical (unpaired) electrons. The Balaban J connectivity index is 2.29. The van der Waals surface area contributed by atoms with E-state index in [4.69, 9.17) is 0 Å². The average molecular weight is 341 g/mol. The van der Waals surface area contributed by atoms with Gasteiger partial charge in [0.15, 0.2) is 0 Å². The van der Waals surface area contributed by atoms with Crippen LogP contribution < -0.4 is 0 Å². The van der Waals surface area contributed by atoms with Crippen molar-refractivity contribution >= 4 is 15.9 Å². The van der Waals surface area contributed by atoms with E-state index in [0.717, 1.165) is 40.2 Å². The zero-order chi connectivity index (χ0) is 14.9. The van der Waals surface area contributed by atoms with Gasteiger partial charge in [-0.05, 0) is 42.3 Å². The fraction of sp³-hybridized carbons (Fsp3) is 0.571. The van der Waals surface area contributed by atoms with Gasteiger partial charge in [-0.3, -0.25) is 9.36 Å². The Hall–Kier alpha value is -1.14. The van der Waals surface area contributed by atoms with Crippen LogP contribution in [0.1, 0.15) is 42.7 Å². The molecule has 2 aromatic heterocycles. The highest BCUT2D eigenvalue weighted by atomic mass is 79.9. The van der Waals surface area contributed by atoms with Crippen molar-refractivity contribution in [3.63, 3.8) is 0 Å². The Kier molecular flexibility index (Phi) is 4.65. The van der Waals surface area contributed by atoms with Gasteiger partial charge in [0.1, 0.15) is 6.10 Å². The van der Waals surface area contributed by atoms with Crippen LogP contribution in [0.4, 0.5) is 0 Å². The number of hydrogen-bond acceptors (Lipinski definition) is 3. The standard InChI is InChI=1S/C14H21BrN4O/c1-5-10-14(15)12(19(6-2)17-10)8-13(20)11-7-9(3)16-18(11)4/h7,13,20H,5-6,8H2,1-4H3. The SMILES string of the molecule is CCc1nn(CC)c(CC(O)c2cc(C)nn2C)c1Br. The fourth-order valence-corrected chi connectivity index (χ4v) is 3.17. The van der Waals surface area contributed by atoms with Crippen molar-refractivity contribution in [2.24, 2.45) is 7.05 Å². The van der Waals surface area contributed by atoms with Crippen LogP contribution in [-0.4, -0.2) is 24.7 Å². The molecule has 0 saturated heterocycles. The average Bonchev–Trinajstić information content (AvgIpc) is 2.90. The van der Waals surface area contributed by atoms with Gasteiger partial charge in [-0.2, -0.15) is 10.2 Å². The molecule has 110 valence electrons. The molecule has 0 amide bonds. The highest BCUT2D eigenvalue weighted by Crippen LogP contribution is 2.27. The van der Waals surface area contributed by atoms with E-state index in [1.807, 2.05) is 24.7 Å². The summed E-state index contributed by atoms with van der Waals surface area (Å²) in [6, 6.07) is 1.92. The highest BCUT2D eigenvalue weighted by Gasteiger charge is 2.20. The second kappa shape index (κ2) is 6.10. The minimum absolute atomic E-state index is 0.528. The molecule has 1 unspecified atom stereocenters. The van der Waals surface area contributed by atoms with E-state index < -0.39 is 6.10 Å². The zero-order valence-electron chi connectivity index (χ0n) is 12.4. The van der Waals surface area contributed by atoms with E-state index in [1.54, 1.807) is 4.68 Å². The summed E-state index contributed by atoms with van der Waals surface area (Å²) >= 11 is 3.61. The number of aryl methyl sites for hydroxylation is 4. The lowest BCUT2D eigenvalue weighted by atomic mass is 10.1. The molecular formula is C14H21BrN4O. The predicted molar refractivity (Wildman–Crippen MR) is 81.6 cm³/mol. The van der Waals surface area contributed by atoms with Gasteiger partial charge in [0.2, 0.25) is 0 Å². The van der Waals surface area contributed by atoms with Crippen molar-refractivity contribution in [3.8, 4) is 0 Å². The molecule has 6 heteroatoms. The van der Waals surface area contributed by atoms with Gasteiger partial charge in [0.05, 0.1) is 27.2 Å². The monoisotopic (exact) mass is 340 g/mol. The first-order valence-electron chi connectivity index (χ1n) is 6.90. The minimum atomic E-state index is -0.579. The van der Waals surface area contributed by atoms with E-state index in [-0.39, 0.29) is 0 Å². The van der Waals surface area contributed by atoms with E-state index in [1.165, 1.54) is 0 Å². The molecule has 2 aromatic rings. The summed E-state index contributed by atoms with van der Waals surface area (Å²) in [5, 5.41) is 19.3. The van der Waals surface area contributed by atoms with Crippen molar-refractivity contribution < 1.29 is 5.11 Å². The quantitative estimate of drug-likeness (QED) is 0.909. The fourth-order valence-electron chi connectivity index (χ4n) is 2.44. The molecule has 0 aromatic carbocycles. The molecule has 0 aliphatic rings. The van der Waals surface area contributed by atoms with E-state index >= 15 is 0 Å². The van der Waals surface area contributed by atoms with E-state index in [2.05, 4.69) is 40.0 Å². The Morgan fingerprint density at radius 3 is 2.55 bits per heavy atom. The summed E-state index contributed by atoms with van der Waals surface area (Å²) in [6.07, 6.45) is 0.825. The van der Waals surface area contributed by atoms with Crippen molar-refractivity contribution in [2.45, 2.75) is 46.3 Å². The molecule has 0 aliphatic heterocycles. The molecule has 0 aliphatic carbocycles. The van der Waals surface area contributed by atoms with Gasteiger partial charge < -0.3 is 5.11 Å². The second-order valence-corrected chi connectivity index (χ2v) is 5.72. The molecule has 0 fully saturated rings. The van der Waals surface area contributed by atoms with Crippen LogP contribution in [0.3, 0.4) is 0 Å². The summed E-state index contributed by atoms with van der Waals surface area (Å²) in [5.74, 6) is 0. The summed E-state index contributed by atoms with van der Waals surface area (Å²) in [4.78, 5) is 0. The van der Waals surface area contributed by atoms with Crippen molar-refractivity contribution in [2.75, 3.05) is 0 Å². The highest BCUT2D eigenvalue weighted by molar-refractivity contribution is 9.10. The van der Waals surface area contributed by atoms with E-state index in [9.17, 15) is 5.11 Å². The number of aliphatic hydroxyl groups is 1. The third-order valence-corrected chi connectivity index (χ3v) is 4.38. The number of rotatable bonds is 5. The van der Waals surface area contributed by atoms with Gasteiger partial charge in [-0.1, -0.05) is 6.92 Å². The topological polar surface area (TPSA) is 55.9 Å². The first-order valence-corrected chi connectivity index (χ1v) is 7.69. The molecule has 2 rings (SSSR count). The van der Waals surface area contributed by atoms with Crippen molar-refractivity contribution in [1.82, 2.24) is 19.6 Å². The summed E-state index contributed by atoms with van der Waals surface area (Å²) in [7, 11) is 1.86. The van der Waals surface area contributed by atoms with E-state index in [0.29, 0.717) is 6.42 Å². The maximum absolute atomic E-state index is 10.5. The third kappa shape index (κ3) is 2.81. The summed E-state index contributed by atoms with van der Waals surface area (Å²) < 4.78 is 4.70. The first-order chi connectivity index (χ1) is 9.47. The van der Waals surface area contributed by atoms with Crippen LogP contribution in [0.2, 0.25) is 0 Å². The molecule has 0 spiro atoms. The summed E-state index contributed by atoms with van der Waals surface area (Å²) in [5.41, 5.74) is 3.82. The van der Waals surface area contributed by atoms with Gasteiger partial charge in [-0.25, -0.2) is 0 Å². The maximum atomic E-state index is 10.5. The first kappa shape index (κ1) is 15.3. The molecular weight excluding hydrogens is 320 g/mol. The maximum Gasteiger partial charge on any atom is 0.101 e. The van der Waals surface area contributed by atoms with Gasteiger partial charge in [-0.15, -0.1) is 0 Å². The molecule has 5 nitrogen and oxygen atoms in total. The minimum Gasteiger partial charge on any atom is -0.386 e. The number of aromatic nitrogens is 4. The Labute approximate surface area is 127 Å². The summed E-state index contributed by atoms with van der Waals surface area (Å²) in [6.45, 7) is 6.86. The number of nitrogens with zero attached hydrogens (tertiary/aromatic N) is 4. The van der Waals surface area contributed by atoms with Gasteiger partial charge >= 0.3 is 0 Å². The Morgan fingerprint density at radius 2 is 2.05 bits per heavy atom. The molecule has 0 bridgehead atoms. The largest absolute Gasteiger partial charge is 0.386 e. The van der Waals surface area contributed by atoms with Crippen LogP contribution in [-0.2, 0) is 26.4 Å². The normalized spacial score (nSPS) is 12.9. The Morgan fingerprint density at radius 1 is 1.35 bits per heavy atom. The lowest BCUT2D eigenvalue weighted by molar-refractivity contribution is 0.165. The zero-order valence-corrected chi connectivity index (χ0v) is 14.0. The molecule has 0 saturated carbocycles. The predicted octanol–water partition coefficient (Wildman–Crippen LogP) is 2.55. The smallest absolute Gasteiger partial charge is 0.101 e. The van der Waals surface area contributed by atoms with Crippen molar-refractivity contribution in [1.29, 1.82) is 0 Å². The third-order valence-electron chi connectivity index (χ3n) is 3.46. The van der Waals surface area contributed by atoms with Crippen LogP contribution in [0.5, 0.6) is 0 Å². The van der Waals surface area contributed by atoms with Gasteiger partial charge in [0.25, 0.3) is 0 Å². The molecule has 2 heterocycles. The Bertz CT molecular complexity index is 603. The lowest BCUT2D eigenvalue weighted by Gasteiger charge is -2.12. The van der Waals surface area contributed by atoms with Crippen LogP contribution >= 0.6 is 15.9 Å². The molecule has 20 heavy (non-hydrogen) atoms. The van der Waals surface area contributed by atoms with Gasteiger partial charge in [0, 0.05) is 20.0 Å². The van der Waals surface area contributed by atoms with Crippen LogP contribution in [0, 0.1) is 6.92 Å². The number of hydrogen-bond donors (Lipinski definition) is 1. The van der Waals surface area contributed by atoms with Crippen LogP contribution in [0.25, 0.3) is 0 Å². The van der Waals surface area contributed by atoms with Crippen LogP contribution in [0.15, 0.2) is 10.5 Å². The number of halogens is 1. The lowest BCUT2D eigenvalue weighted by Crippen LogP contribution is -2.12.